The van der Waals surface area contributed by atoms with Crippen LogP contribution in [0.25, 0.3) is 53.9 Å². The molecule has 0 saturated carbocycles. The molecule has 194 valence electrons. The van der Waals surface area contributed by atoms with Gasteiger partial charge in [-0.15, -0.1) is 11.3 Å². The van der Waals surface area contributed by atoms with Gasteiger partial charge in [-0.05, 0) is 53.6 Å². The highest BCUT2D eigenvalue weighted by atomic mass is 32.1. The predicted molar refractivity (Wildman–Crippen MR) is 172 cm³/mol. The summed E-state index contributed by atoms with van der Waals surface area (Å²) in [5.74, 6) is 0. The molecule has 3 nitrogen and oxygen atoms in total. The largest absolute Gasteiger partial charge is 0.456 e. The van der Waals surface area contributed by atoms with E-state index in [9.17, 15) is 0 Å². The van der Waals surface area contributed by atoms with E-state index >= 15 is 0 Å². The second-order valence-electron chi connectivity index (χ2n) is 10.1. The first kappa shape index (κ1) is 23.7. The van der Waals surface area contributed by atoms with E-state index < -0.39 is 0 Å². The minimum absolute atomic E-state index is 0.855. The summed E-state index contributed by atoms with van der Waals surface area (Å²) in [5, 5.41) is 3.24. The van der Waals surface area contributed by atoms with Crippen molar-refractivity contribution in [3.05, 3.63) is 146 Å². The number of anilines is 3. The summed E-state index contributed by atoms with van der Waals surface area (Å²) in [5.41, 5.74) is 9.44. The Hall–Kier alpha value is -5.19. The van der Waals surface area contributed by atoms with Crippen molar-refractivity contribution in [3.8, 4) is 21.7 Å². The van der Waals surface area contributed by atoms with Crippen molar-refractivity contribution in [3.63, 3.8) is 0 Å². The lowest BCUT2D eigenvalue weighted by Gasteiger charge is -2.25. The molecular weight excluding hydrogens is 520 g/mol. The van der Waals surface area contributed by atoms with Crippen molar-refractivity contribution in [2.45, 2.75) is 0 Å². The average molecular weight is 545 g/mol. The standard InChI is InChI=1S/C37H24N2OS/c1-4-10-25(11-5-1)26-16-18-29(19-17-26)39(28-14-8-3-9-15-28)30-20-21-31-32-23-36-33(24-35(32)40-34(31)22-30)38-37(41-36)27-12-6-2-7-13-27/h1-24H. The van der Waals surface area contributed by atoms with Crippen LogP contribution in [0.1, 0.15) is 0 Å². The minimum atomic E-state index is 0.855. The molecule has 0 aliphatic rings. The molecule has 4 heteroatoms. The second kappa shape index (κ2) is 9.77. The van der Waals surface area contributed by atoms with Gasteiger partial charge < -0.3 is 9.32 Å². The summed E-state index contributed by atoms with van der Waals surface area (Å²) in [7, 11) is 0. The maximum atomic E-state index is 6.45. The molecular formula is C37H24N2OS. The Morgan fingerprint density at radius 3 is 1.80 bits per heavy atom. The van der Waals surface area contributed by atoms with Gasteiger partial charge in [-0.2, -0.15) is 0 Å². The fourth-order valence-corrected chi connectivity index (χ4v) is 6.48. The number of para-hydroxylation sites is 1. The number of furan rings is 1. The van der Waals surface area contributed by atoms with Gasteiger partial charge in [0.25, 0.3) is 0 Å². The Morgan fingerprint density at radius 1 is 0.488 bits per heavy atom. The molecule has 2 aromatic heterocycles. The fourth-order valence-electron chi connectivity index (χ4n) is 5.49. The molecule has 0 amide bonds. The molecule has 0 aliphatic heterocycles. The molecule has 41 heavy (non-hydrogen) atoms. The van der Waals surface area contributed by atoms with Crippen molar-refractivity contribution in [1.29, 1.82) is 0 Å². The Balaban J connectivity index is 1.22. The maximum absolute atomic E-state index is 6.45. The number of rotatable bonds is 5. The third kappa shape index (κ3) is 4.26. The van der Waals surface area contributed by atoms with Crippen LogP contribution in [0.3, 0.4) is 0 Å². The molecule has 6 aromatic carbocycles. The van der Waals surface area contributed by atoms with Crippen LogP contribution in [0.5, 0.6) is 0 Å². The van der Waals surface area contributed by atoms with E-state index in [1.165, 1.54) is 11.1 Å². The molecule has 0 bridgehead atoms. The van der Waals surface area contributed by atoms with Crippen LogP contribution in [0.2, 0.25) is 0 Å². The number of benzene rings is 6. The van der Waals surface area contributed by atoms with E-state index in [0.29, 0.717) is 0 Å². The number of hydrogen-bond donors (Lipinski definition) is 0. The minimum Gasteiger partial charge on any atom is -0.456 e. The van der Waals surface area contributed by atoms with Gasteiger partial charge in [-0.1, -0.05) is 91.0 Å². The zero-order valence-electron chi connectivity index (χ0n) is 22.1. The van der Waals surface area contributed by atoms with Crippen LogP contribution in [0.4, 0.5) is 17.1 Å². The van der Waals surface area contributed by atoms with Crippen LogP contribution in [-0.2, 0) is 0 Å². The molecule has 8 rings (SSSR count). The molecule has 0 N–H and O–H groups in total. The molecule has 8 aromatic rings. The zero-order valence-corrected chi connectivity index (χ0v) is 22.9. The number of aromatic nitrogens is 1. The lowest BCUT2D eigenvalue weighted by atomic mass is 10.0. The zero-order chi connectivity index (χ0) is 27.2. The lowest BCUT2D eigenvalue weighted by molar-refractivity contribution is 0.669. The quantitative estimate of drug-likeness (QED) is 0.216. The van der Waals surface area contributed by atoms with Crippen LogP contribution in [0.15, 0.2) is 150 Å². The first-order valence-electron chi connectivity index (χ1n) is 13.6. The number of nitrogens with zero attached hydrogens (tertiary/aromatic N) is 2. The Morgan fingerprint density at radius 2 is 1.07 bits per heavy atom. The number of hydrogen-bond acceptors (Lipinski definition) is 4. The first-order valence-corrected chi connectivity index (χ1v) is 14.4. The van der Waals surface area contributed by atoms with E-state index in [1.807, 2.05) is 18.2 Å². The van der Waals surface area contributed by atoms with Gasteiger partial charge in [0.1, 0.15) is 16.2 Å². The summed E-state index contributed by atoms with van der Waals surface area (Å²) in [6, 6.07) is 50.8. The summed E-state index contributed by atoms with van der Waals surface area (Å²) >= 11 is 1.72. The molecule has 0 aliphatic carbocycles. The van der Waals surface area contributed by atoms with Crippen molar-refractivity contribution in [2.75, 3.05) is 4.90 Å². The Labute approximate surface area is 241 Å². The van der Waals surface area contributed by atoms with Gasteiger partial charge >= 0.3 is 0 Å². The number of thiazole rings is 1. The van der Waals surface area contributed by atoms with Crippen LogP contribution in [0, 0.1) is 0 Å². The summed E-state index contributed by atoms with van der Waals surface area (Å²) in [6.07, 6.45) is 0. The maximum Gasteiger partial charge on any atom is 0.137 e. The van der Waals surface area contributed by atoms with E-state index in [0.717, 1.165) is 59.8 Å². The molecule has 0 unspecified atom stereocenters. The van der Waals surface area contributed by atoms with E-state index in [1.54, 1.807) is 11.3 Å². The predicted octanol–water partition coefficient (Wildman–Crippen LogP) is 11.0. The van der Waals surface area contributed by atoms with Crippen molar-refractivity contribution in [2.24, 2.45) is 0 Å². The van der Waals surface area contributed by atoms with Gasteiger partial charge in [0.15, 0.2) is 0 Å². The summed E-state index contributed by atoms with van der Waals surface area (Å²) < 4.78 is 7.61. The molecule has 0 atom stereocenters. The number of fused-ring (bicyclic) bond motifs is 4. The van der Waals surface area contributed by atoms with Crippen LogP contribution in [-0.4, -0.2) is 4.98 Å². The van der Waals surface area contributed by atoms with Crippen LogP contribution < -0.4 is 4.90 Å². The van der Waals surface area contributed by atoms with Gasteiger partial charge in [0.05, 0.1) is 10.2 Å². The van der Waals surface area contributed by atoms with E-state index in [2.05, 4.69) is 132 Å². The summed E-state index contributed by atoms with van der Waals surface area (Å²) in [6.45, 7) is 0. The van der Waals surface area contributed by atoms with Crippen molar-refractivity contribution >= 4 is 60.6 Å². The van der Waals surface area contributed by atoms with Gasteiger partial charge in [-0.3, -0.25) is 0 Å². The first-order chi connectivity index (χ1) is 20.3. The SMILES string of the molecule is c1ccc(-c2ccc(N(c3ccccc3)c3ccc4c(c3)oc3cc5nc(-c6ccccc6)sc5cc34)cc2)cc1. The van der Waals surface area contributed by atoms with Gasteiger partial charge in [-0.25, -0.2) is 4.98 Å². The normalized spacial score (nSPS) is 11.4. The smallest absolute Gasteiger partial charge is 0.137 e. The molecule has 2 heterocycles. The molecule has 0 fully saturated rings. The highest BCUT2D eigenvalue weighted by Gasteiger charge is 2.17. The molecule has 0 spiro atoms. The van der Waals surface area contributed by atoms with Gasteiger partial charge in [0, 0.05) is 45.5 Å². The van der Waals surface area contributed by atoms with Crippen LogP contribution >= 0.6 is 11.3 Å². The Bertz CT molecular complexity index is 2130. The third-order valence-corrected chi connectivity index (χ3v) is 8.56. The second-order valence-corrected chi connectivity index (χ2v) is 11.1. The average Bonchev–Trinajstić information content (AvgIpc) is 3.62. The van der Waals surface area contributed by atoms with E-state index in [4.69, 9.17) is 9.40 Å². The van der Waals surface area contributed by atoms with Crippen molar-refractivity contribution in [1.82, 2.24) is 4.98 Å². The highest BCUT2D eigenvalue weighted by Crippen LogP contribution is 2.41. The van der Waals surface area contributed by atoms with Crippen molar-refractivity contribution < 1.29 is 4.42 Å². The monoisotopic (exact) mass is 544 g/mol. The highest BCUT2D eigenvalue weighted by molar-refractivity contribution is 7.21. The molecule has 0 saturated heterocycles. The Kier molecular flexibility index (Phi) is 5.64. The van der Waals surface area contributed by atoms with Gasteiger partial charge in [0.2, 0.25) is 0 Å². The third-order valence-electron chi connectivity index (χ3n) is 7.49. The molecule has 0 radical (unpaired) electrons. The summed E-state index contributed by atoms with van der Waals surface area (Å²) in [4.78, 5) is 7.18. The lowest BCUT2D eigenvalue weighted by Crippen LogP contribution is -2.09. The van der Waals surface area contributed by atoms with E-state index in [-0.39, 0.29) is 0 Å². The topological polar surface area (TPSA) is 29.3 Å². The fraction of sp³-hybridized carbons (Fsp3) is 0.